The average Bonchev–Trinajstić information content (AvgIpc) is 2.29. The number of piperidine rings is 1. The molecule has 0 atom stereocenters. The number of rotatable bonds is 2. The standard InChI is InChI=1S/C11H21N3/c1-4-12-5-2-11(1)3-8-14-9-6-13-7-10-14/h3,12-13H,1-2,4-10H2. The normalized spacial score (nSPS) is 25.0. The highest BCUT2D eigenvalue weighted by Gasteiger charge is 2.09. The summed E-state index contributed by atoms with van der Waals surface area (Å²) >= 11 is 0. The van der Waals surface area contributed by atoms with E-state index in [2.05, 4.69) is 21.6 Å². The summed E-state index contributed by atoms with van der Waals surface area (Å²) in [5.41, 5.74) is 1.65. The van der Waals surface area contributed by atoms with E-state index in [-0.39, 0.29) is 0 Å². The van der Waals surface area contributed by atoms with Crippen molar-refractivity contribution >= 4 is 0 Å². The van der Waals surface area contributed by atoms with Crippen LogP contribution in [0.25, 0.3) is 0 Å². The van der Waals surface area contributed by atoms with Crippen LogP contribution in [0, 0.1) is 0 Å². The van der Waals surface area contributed by atoms with Gasteiger partial charge in [-0.1, -0.05) is 11.6 Å². The van der Waals surface area contributed by atoms with Crippen LogP contribution in [0.4, 0.5) is 0 Å². The van der Waals surface area contributed by atoms with Crippen molar-refractivity contribution in [1.82, 2.24) is 15.5 Å². The molecule has 2 fully saturated rings. The smallest absolute Gasteiger partial charge is 0.0166 e. The Hall–Kier alpha value is -0.380. The third-order valence-corrected chi connectivity index (χ3v) is 3.09. The molecule has 0 aromatic carbocycles. The van der Waals surface area contributed by atoms with Crippen molar-refractivity contribution in [3.05, 3.63) is 11.6 Å². The molecule has 0 aromatic rings. The molecule has 2 aliphatic heterocycles. The van der Waals surface area contributed by atoms with Crippen molar-refractivity contribution < 1.29 is 0 Å². The van der Waals surface area contributed by atoms with Gasteiger partial charge in [0.25, 0.3) is 0 Å². The number of hydrogen-bond donors (Lipinski definition) is 2. The lowest BCUT2D eigenvalue weighted by Gasteiger charge is -2.26. The molecule has 0 aromatic heterocycles. The van der Waals surface area contributed by atoms with Crippen LogP contribution >= 0.6 is 0 Å². The molecular weight excluding hydrogens is 174 g/mol. The van der Waals surface area contributed by atoms with Gasteiger partial charge in [-0.05, 0) is 25.9 Å². The molecule has 2 saturated heterocycles. The lowest BCUT2D eigenvalue weighted by Crippen LogP contribution is -2.43. The Morgan fingerprint density at radius 3 is 2.36 bits per heavy atom. The van der Waals surface area contributed by atoms with Crippen molar-refractivity contribution in [2.75, 3.05) is 45.8 Å². The van der Waals surface area contributed by atoms with Crippen molar-refractivity contribution in [3.8, 4) is 0 Å². The van der Waals surface area contributed by atoms with Crippen LogP contribution in [-0.2, 0) is 0 Å². The fourth-order valence-corrected chi connectivity index (χ4v) is 2.10. The maximum absolute atomic E-state index is 3.39. The topological polar surface area (TPSA) is 27.3 Å². The third kappa shape index (κ3) is 3.08. The minimum absolute atomic E-state index is 1.16. The molecule has 3 heteroatoms. The summed E-state index contributed by atoms with van der Waals surface area (Å²) in [5.74, 6) is 0. The quantitative estimate of drug-likeness (QED) is 0.617. The summed E-state index contributed by atoms with van der Waals surface area (Å²) < 4.78 is 0. The van der Waals surface area contributed by atoms with Crippen LogP contribution in [0.5, 0.6) is 0 Å². The average molecular weight is 195 g/mol. The van der Waals surface area contributed by atoms with Gasteiger partial charge in [0.05, 0.1) is 0 Å². The second-order valence-corrected chi connectivity index (χ2v) is 4.16. The Balaban J connectivity index is 1.73. The Morgan fingerprint density at radius 2 is 1.64 bits per heavy atom. The van der Waals surface area contributed by atoms with Crippen LogP contribution < -0.4 is 10.6 Å². The van der Waals surface area contributed by atoms with Crippen molar-refractivity contribution in [1.29, 1.82) is 0 Å². The molecule has 0 unspecified atom stereocenters. The fraction of sp³-hybridized carbons (Fsp3) is 0.818. The van der Waals surface area contributed by atoms with E-state index < -0.39 is 0 Å². The number of nitrogens with one attached hydrogen (secondary N) is 2. The van der Waals surface area contributed by atoms with E-state index >= 15 is 0 Å². The van der Waals surface area contributed by atoms with Crippen LogP contribution in [0.2, 0.25) is 0 Å². The van der Waals surface area contributed by atoms with Gasteiger partial charge in [-0.25, -0.2) is 0 Å². The minimum Gasteiger partial charge on any atom is -0.316 e. The fourth-order valence-electron chi connectivity index (χ4n) is 2.10. The highest BCUT2D eigenvalue weighted by molar-refractivity contribution is 5.06. The van der Waals surface area contributed by atoms with E-state index in [0.717, 1.165) is 19.6 Å². The molecule has 0 bridgehead atoms. The molecule has 2 heterocycles. The molecule has 14 heavy (non-hydrogen) atoms. The third-order valence-electron chi connectivity index (χ3n) is 3.09. The minimum atomic E-state index is 1.16. The van der Waals surface area contributed by atoms with Crippen LogP contribution in [0.3, 0.4) is 0 Å². The van der Waals surface area contributed by atoms with Gasteiger partial charge in [0, 0.05) is 32.7 Å². The van der Waals surface area contributed by atoms with Gasteiger partial charge >= 0.3 is 0 Å². The molecular formula is C11H21N3. The van der Waals surface area contributed by atoms with Crippen molar-refractivity contribution in [2.24, 2.45) is 0 Å². The second-order valence-electron chi connectivity index (χ2n) is 4.16. The molecule has 0 spiro atoms. The largest absolute Gasteiger partial charge is 0.316 e. The number of hydrogen-bond acceptors (Lipinski definition) is 3. The zero-order valence-corrected chi connectivity index (χ0v) is 8.89. The van der Waals surface area contributed by atoms with Gasteiger partial charge in [0.15, 0.2) is 0 Å². The Kier molecular flexibility index (Phi) is 3.98. The van der Waals surface area contributed by atoms with E-state index in [1.54, 1.807) is 5.57 Å². The summed E-state index contributed by atoms with van der Waals surface area (Å²) in [6.45, 7) is 8.25. The molecule has 0 saturated carbocycles. The van der Waals surface area contributed by atoms with Gasteiger partial charge in [-0.15, -0.1) is 0 Å². The lowest BCUT2D eigenvalue weighted by atomic mass is 10.1. The first-order valence-electron chi connectivity index (χ1n) is 5.77. The molecule has 3 nitrogen and oxygen atoms in total. The molecule has 2 aliphatic rings. The van der Waals surface area contributed by atoms with Gasteiger partial charge in [0.1, 0.15) is 0 Å². The molecule has 80 valence electrons. The summed E-state index contributed by atoms with van der Waals surface area (Å²) in [7, 11) is 0. The molecule has 2 N–H and O–H groups in total. The second kappa shape index (κ2) is 5.49. The van der Waals surface area contributed by atoms with E-state index in [1.807, 2.05) is 0 Å². The predicted molar refractivity (Wildman–Crippen MR) is 59.5 cm³/mol. The van der Waals surface area contributed by atoms with E-state index in [1.165, 1.54) is 39.0 Å². The van der Waals surface area contributed by atoms with E-state index in [0.29, 0.717) is 0 Å². The summed E-state index contributed by atoms with van der Waals surface area (Å²) in [5, 5.41) is 6.77. The van der Waals surface area contributed by atoms with Crippen LogP contribution in [0.15, 0.2) is 11.6 Å². The van der Waals surface area contributed by atoms with Crippen molar-refractivity contribution in [2.45, 2.75) is 12.8 Å². The highest BCUT2D eigenvalue weighted by atomic mass is 15.2. The molecule has 0 amide bonds. The number of nitrogens with zero attached hydrogens (tertiary/aromatic N) is 1. The Labute approximate surface area is 86.5 Å². The highest BCUT2D eigenvalue weighted by Crippen LogP contribution is 2.09. The first-order chi connectivity index (χ1) is 6.95. The molecule has 2 rings (SSSR count). The first-order valence-corrected chi connectivity index (χ1v) is 5.77. The first kappa shape index (κ1) is 10.1. The van der Waals surface area contributed by atoms with E-state index in [9.17, 15) is 0 Å². The summed E-state index contributed by atoms with van der Waals surface area (Å²) in [4.78, 5) is 2.53. The summed E-state index contributed by atoms with van der Waals surface area (Å²) in [6.07, 6.45) is 4.96. The van der Waals surface area contributed by atoms with Gasteiger partial charge in [0.2, 0.25) is 0 Å². The maximum Gasteiger partial charge on any atom is 0.0166 e. The monoisotopic (exact) mass is 195 g/mol. The predicted octanol–water partition coefficient (Wildman–Crippen LogP) is 0.201. The van der Waals surface area contributed by atoms with Crippen LogP contribution in [-0.4, -0.2) is 50.7 Å². The SMILES string of the molecule is C(CN1CCNCC1)=C1CCNCC1. The summed E-state index contributed by atoms with van der Waals surface area (Å²) in [6, 6.07) is 0. The van der Waals surface area contributed by atoms with E-state index in [4.69, 9.17) is 0 Å². The maximum atomic E-state index is 3.39. The zero-order chi connectivity index (χ0) is 9.64. The molecule has 0 radical (unpaired) electrons. The van der Waals surface area contributed by atoms with Crippen LogP contribution in [0.1, 0.15) is 12.8 Å². The molecule has 0 aliphatic carbocycles. The van der Waals surface area contributed by atoms with Gasteiger partial charge in [-0.2, -0.15) is 0 Å². The zero-order valence-electron chi connectivity index (χ0n) is 8.89. The Morgan fingerprint density at radius 1 is 1.00 bits per heavy atom. The van der Waals surface area contributed by atoms with Gasteiger partial charge < -0.3 is 10.6 Å². The number of piperazine rings is 1. The van der Waals surface area contributed by atoms with Gasteiger partial charge in [-0.3, -0.25) is 4.90 Å². The lowest BCUT2D eigenvalue weighted by molar-refractivity contribution is 0.264. The Bertz CT molecular complexity index is 187. The van der Waals surface area contributed by atoms with Crippen molar-refractivity contribution in [3.63, 3.8) is 0 Å².